The third-order valence-corrected chi connectivity index (χ3v) is 3.34. The first-order chi connectivity index (χ1) is 12.0. The monoisotopic (exact) mass is 344 g/mol. The van der Waals surface area contributed by atoms with Crippen LogP contribution in [0.4, 0.5) is 0 Å². The van der Waals surface area contributed by atoms with E-state index >= 15 is 0 Å². The van der Waals surface area contributed by atoms with E-state index in [4.69, 9.17) is 14.6 Å². The number of carbonyl (C=O) groups is 2. The first kappa shape index (κ1) is 18.3. The minimum absolute atomic E-state index is 0.297. The van der Waals surface area contributed by atoms with Crippen LogP contribution >= 0.6 is 0 Å². The molecule has 0 aliphatic carbocycles. The largest absolute Gasteiger partial charge is 0.490 e. The van der Waals surface area contributed by atoms with Crippen molar-refractivity contribution in [2.24, 2.45) is 0 Å². The number of nitrogens with one attached hydrogen (secondary N) is 1. The maximum absolute atomic E-state index is 12.1. The lowest BCUT2D eigenvalue weighted by molar-refractivity contribution is -0.138. The lowest BCUT2D eigenvalue weighted by Crippen LogP contribution is -2.38. The van der Waals surface area contributed by atoms with Crippen LogP contribution in [0.5, 0.6) is 11.5 Å². The summed E-state index contributed by atoms with van der Waals surface area (Å²) in [4.78, 5) is 27.0. The van der Waals surface area contributed by atoms with Gasteiger partial charge in [0.05, 0.1) is 6.61 Å². The minimum atomic E-state index is -1.10. The first-order valence-corrected chi connectivity index (χ1v) is 7.83. The summed E-state index contributed by atoms with van der Waals surface area (Å²) in [6, 6.07) is 7.45. The van der Waals surface area contributed by atoms with Crippen molar-refractivity contribution < 1.29 is 24.2 Å². The van der Waals surface area contributed by atoms with Crippen molar-refractivity contribution in [3.8, 4) is 11.5 Å². The van der Waals surface area contributed by atoms with Crippen LogP contribution in [0.3, 0.4) is 0 Å². The van der Waals surface area contributed by atoms with Crippen molar-refractivity contribution in [1.82, 2.24) is 10.3 Å². The van der Waals surface area contributed by atoms with Gasteiger partial charge in [-0.2, -0.15) is 0 Å². The van der Waals surface area contributed by atoms with Crippen molar-refractivity contribution in [2.75, 3.05) is 6.61 Å². The molecule has 1 aromatic heterocycles. The van der Waals surface area contributed by atoms with E-state index in [0.29, 0.717) is 30.3 Å². The van der Waals surface area contributed by atoms with E-state index in [9.17, 15) is 9.59 Å². The summed E-state index contributed by atoms with van der Waals surface area (Å²) in [7, 11) is 0. The van der Waals surface area contributed by atoms with Gasteiger partial charge in [0.2, 0.25) is 0 Å². The zero-order chi connectivity index (χ0) is 18.2. The number of nitrogens with zero attached hydrogens (tertiary/aromatic N) is 1. The molecule has 132 valence electrons. The predicted octanol–water partition coefficient (Wildman–Crippen LogP) is 2.26. The Morgan fingerprint density at radius 3 is 2.68 bits per heavy atom. The number of benzene rings is 1. The molecule has 2 N–H and O–H groups in total. The SMILES string of the molecule is CCOc1cc(C(=O)NC(C)C(=O)O)ccc1OCc1cccnc1. The fraction of sp³-hybridized carbons (Fsp3) is 0.278. The summed E-state index contributed by atoms with van der Waals surface area (Å²) < 4.78 is 11.3. The van der Waals surface area contributed by atoms with Crippen molar-refractivity contribution >= 4 is 11.9 Å². The average Bonchev–Trinajstić information content (AvgIpc) is 2.61. The van der Waals surface area contributed by atoms with Crippen molar-refractivity contribution in [3.05, 3.63) is 53.9 Å². The Kier molecular flexibility index (Phi) is 6.33. The standard InChI is InChI=1S/C18H20N2O5/c1-3-24-16-9-14(17(21)20-12(2)18(22)23)6-7-15(16)25-11-13-5-4-8-19-10-13/h4-10,12H,3,11H2,1-2H3,(H,20,21)(H,22,23). The molecule has 1 atom stereocenters. The molecule has 0 spiro atoms. The number of hydrogen-bond donors (Lipinski definition) is 2. The van der Waals surface area contributed by atoms with Crippen LogP contribution in [-0.2, 0) is 11.4 Å². The van der Waals surface area contributed by atoms with Crippen LogP contribution in [0.15, 0.2) is 42.7 Å². The van der Waals surface area contributed by atoms with E-state index in [2.05, 4.69) is 10.3 Å². The van der Waals surface area contributed by atoms with Crippen LogP contribution in [0.1, 0.15) is 29.8 Å². The number of ether oxygens (including phenoxy) is 2. The third-order valence-electron chi connectivity index (χ3n) is 3.34. The zero-order valence-corrected chi connectivity index (χ0v) is 14.1. The number of aromatic nitrogens is 1. The second kappa shape index (κ2) is 8.68. The highest BCUT2D eigenvalue weighted by atomic mass is 16.5. The Bertz CT molecular complexity index is 734. The fourth-order valence-electron chi connectivity index (χ4n) is 2.02. The van der Waals surface area contributed by atoms with Gasteiger partial charge >= 0.3 is 5.97 Å². The smallest absolute Gasteiger partial charge is 0.325 e. The molecule has 7 nitrogen and oxygen atoms in total. The molecule has 1 unspecified atom stereocenters. The molecule has 0 aliphatic heterocycles. The summed E-state index contributed by atoms with van der Waals surface area (Å²) in [6.45, 7) is 3.94. The Labute approximate surface area is 145 Å². The molecule has 7 heteroatoms. The van der Waals surface area contributed by atoms with E-state index in [1.165, 1.54) is 13.0 Å². The van der Waals surface area contributed by atoms with Gasteiger partial charge in [-0.15, -0.1) is 0 Å². The molecule has 0 aliphatic rings. The van der Waals surface area contributed by atoms with Gasteiger partial charge in [0, 0.05) is 23.5 Å². The van der Waals surface area contributed by atoms with Crippen molar-refractivity contribution in [1.29, 1.82) is 0 Å². The molecule has 0 radical (unpaired) electrons. The molecular formula is C18H20N2O5. The lowest BCUT2D eigenvalue weighted by atomic mass is 10.1. The Hall–Kier alpha value is -3.09. The number of aliphatic carboxylic acids is 1. The number of pyridine rings is 1. The summed E-state index contributed by atoms with van der Waals surface area (Å²) in [5.41, 5.74) is 1.20. The normalized spacial score (nSPS) is 11.4. The van der Waals surface area contributed by atoms with Crippen molar-refractivity contribution in [2.45, 2.75) is 26.5 Å². The molecule has 0 fully saturated rings. The van der Waals surface area contributed by atoms with Gasteiger partial charge in [0.15, 0.2) is 11.5 Å². The maximum atomic E-state index is 12.1. The van der Waals surface area contributed by atoms with Gasteiger partial charge in [-0.3, -0.25) is 14.6 Å². The molecule has 2 aromatic rings. The number of carboxylic acid groups (broad SMARTS) is 1. The molecule has 0 saturated carbocycles. The van der Waals surface area contributed by atoms with Gasteiger partial charge in [-0.1, -0.05) is 6.07 Å². The first-order valence-electron chi connectivity index (χ1n) is 7.83. The van der Waals surface area contributed by atoms with Crippen LogP contribution in [0.2, 0.25) is 0 Å². The maximum Gasteiger partial charge on any atom is 0.325 e. The Morgan fingerprint density at radius 1 is 1.24 bits per heavy atom. The molecule has 2 rings (SSSR count). The van der Waals surface area contributed by atoms with E-state index in [1.54, 1.807) is 24.5 Å². The number of carboxylic acids is 1. The highest BCUT2D eigenvalue weighted by Crippen LogP contribution is 2.29. The minimum Gasteiger partial charge on any atom is -0.490 e. The lowest BCUT2D eigenvalue weighted by Gasteiger charge is -2.14. The molecule has 0 bridgehead atoms. The molecule has 1 aromatic carbocycles. The molecule has 0 saturated heterocycles. The highest BCUT2D eigenvalue weighted by molar-refractivity contribution is 5.97. The van der Waals surface area contributed by atoms with Crippen LogP contribution < -0.4 is 14.8 Å². The summed E-state index contributed by atoms with van der Waals surface area (Å²) in [5, 5.41) is 11.3. The topological polar surface area (TPSA) is 97.8 Å². The Balaban J connectivity index is 2.13. The summed E-state index contributed by atoms with van der Waals surface area (Å²) >= 11 is 0. The molecule has 25 heavy (non-hydrogen) atoms. The second-order valence-electron chi connectivity index (χ2n) is 5.28. The van der Waals surface area contributed by atoms with E-state index < -0.39 is 17.9 Å². The zero-order valence-electron chi connectivity index (χ0n) is 14.1. The second-order valence-corrected chi connectivity index (χ2v) is 5.28. The van der Waals surface area contributed by atoms with E-state index in [0.717, 1.165) is 5.56 Å². The number of amides is 1. The average molecular weight is 344 g/mol. The number of rotatable bonds is 8. The summed E-state index contributed by atoms with van der Waals surface area (Å²) in [6.07, 6.45) is 3.39. The highest BCUT2D eigenvalue weighted by Gasteiger charge is 2.17. The van der Waals surface area contributed by atoms with Crippen LogP contribution in [0.25, 0.3) is 0 Å². The van der Waals surface area contributed by atoms with E-state index in [1.807, 2.05) is 19.1 Å². The van der Waals surface area contributed by atoms with Crippen LogP contribution in [-0.4, -0.2) is 34.6 Å². The Morgan fingerprint density at radius 2 is 2.04 bits per heavy atom. The van der Waals surface area contributed by atoms with Crippen LogP contribution in [0, 0.1) is 0 Å². The summed E-state index contributed by atoms with van der Waals surface area (Å²) in [5.74, 6) is -0.681. The fourth-order valence-corrected chi connectivity index (χ4v) is 2.02. The van der Waals surface area contributed by atoms with Gasteiger partial charge < -0.3 is 19.9 Å². The number of carbonyl (C=O) groups excluding carboxylic acids is 1. The third kappa shape index (κ3) is 5.20. The van der Waals surface area contributed by atoms with Crippen molar-refractivity contribution in [3.63, 3.8) is 0 Å². The predicted molar refractivity (Wildman–Crippen MR) is 90.7 cm³/mol. The van der Waals surface area contributed by atoms with Gasteiger partial charge in [0.1, 0.15) is 12.6 Å². The number of hydrogen-bond acceptors (Lipinski definition) is 5. The van der Waals surface area contributed by atoms with Gasteiger partial charge in [-0.25, -0.2) is 0 Å². The van der Waals surface area contributed by atoms with Gasteiger partial charge in [-0.05, 0) is 38.1 Å². The molecular weight excluding hydrogens is 324 g/mol. The van der Waals surface area contributed by atoms with E-state index in [-0.39, 0.29) is 0 Å². The molecule has 1 amide bonds. The quantitative estimate of drug-likeness (QED) is 0.762. The molecule has 1 heterocycles. The van der Waals surface area contributed by atoms with Gasteiger partial charge in [0.25, 0.3) is 5.91 Å².